The molecule has 0 spiro atoms. The third kappa shape index (κ3) is 2.94. The first-order valence-electron chi connectivity index (χ1n) is 4.22. The van der Waals surface area contributed by atoms with Crippen LogP contribution in [0.15, 0.2) is 0 Å². The molecule has 2 radical (unpaired) electrons. The van der Waals surface area contributed by atoms with E-state index in [1.165, 1.54) is 0 Å². The van der Waals surface area contributed by atoms with Gasteiger partial charge in [-0.25, -0.2) is 0 Å². The zero-order valence-corrected chi connectivity index (χ0v) is 7.89. The van der Waals surface area contributed by atoms with Gasteiger partial charge in [0.25, 0.3) is 0 Å². The summed E-state index contributed by atoms with van der Waals surface area (Å²) < 4.78 is 0. The number of hydrogen-bond acceptors (Lipinski definition) is 0. The maximum absolute atomic E-state index is 5.84. The van der Waals surface area contributed by atoms with Gasteiger partial charge in [-0.05, 0) is 0 Å². The van der Waals surface area contributed by atoms with Crippen LogP contribution < -0.4 is 0 Å². The third-order valence-electron chi connectivity index (χ3n) is 2.15. The normalized spacial score (nSPS) is 8.90. The first-order chi connectivity index (χ1) is 4.46. The van der Waals surface area contributed by atoms with Crippen LogP contribution >= 0.6 is 0 Å². The van der Waals surface area contributed by atoms with Crippen LogP contribution in [-0.2, 0) is 0 Å². The lowest BCUT2D eigenvalue weighted by atomic mass is 8.71. The standard InChI is InChI=1S/C5H15B5/c1-7(2)10(8(3)4)9(5)6/h1-5H3. The highest BCUT2D eigenvalue weighted by Crippen LogP contribution is 1.99. The van der Waals surface area contributed by atoms with Crippen molar-refractivity contribution in [3.05, 3.63) is 0 Å². The summed E-state index contributed by atoms with van der Waals surface area (Å²) in [5.74, 6) is 0. The van der Waals surface area contributed by atoms with Crippen molar-refractivity contribution < 1.29 is 0 Å². The molecule has 0 aliphatic carbocycles. The molecule has 0 nitrogen and oxygen atoms in total. The highest BCUT2D eigenvalue weighted by Gasteiger charge is 2.28. The van der Waals surface area contributed by atoms with E-state index in [0.29, 0.717) is 26.1 Å². The summed E-state index contributed by atoms with van der Waals surface area (Å²) in [4.78, 5) is 0. The van der Waals surface area contributed by atoms with E-state index < -0.39 is 0 Å². The minimum Gasteiger partial charge on any atom is -0.101 e. The van der Waals surface area contributed by atoms with Crippen LogP contribution in [-0.4, -0.2) is 33.8 Å². The highest BCUT2D eigenvalue weighted by molar-refractivity contribution is 7.76. The quantitative estimate of drug-likeness (QED) is 0.499. The maximum Gasteiger partial charge on any atom is 0.0858 e. The molecule has 0 amide bonds. The average molecular weight is 129 g/mol. The highest BCUT2D eigenvalue weighted by atomic mass is 13.4. The molecule has 0 unspecified atom stereocenters. The van der Waals surface area contributed by atoms with E-state index in [0.717, 1.165) is 0 Å². The molecule has 0 rings (SSSR count). The molecule has 0 fully saturated rings. The minimum atomic E-state index is 0.333. The summed E-state index contributed by atoms with van der Waals surface area (Å²) in [6.07, 6.45) is 0.667. The molecular weight excluding hydrogens is 114 g/mol. The van der Waals surface area contributed by atoms with E-state index in [1.54, 1.807) is 0 Å². The first-order valence-corrected chi connectivity index (χ1v) is 4.22. The molecule has 0 aromatic carbocycles. The zero-order chi connectivity index (χ0) is 8.31. The summed E-state index contributed by atoms with van der Waals surface area (Å²) in [7, 11) is 5.84. The van der Waals surface area contributed by atoms with Crippen molar-refractivity contribution in [2.45, 2.75) is 34.1 Å². The zero-order valence-electron chi connectivity index (χ0n) is 7.89. The van der Waals surface area contributed by atoms with Gasteiger partial charge in [0.2, 0.25) is 0 Å². The molecule has 0 saturated heterocycles. The fourth-order valence-corrected chi connectivity index (χ4v) is 1.98. The second-order valence-electron chi connectivity index (χ2n) is 3.92. The Labute approximate surface area is 68.6 Å². The molecule has 0 heterocycles. The van der Waals surface area contributed by atoms with Crippen molar-refractivity contribution >= 4 is 33.8 Å². The molecule has 0 aromatic rings. The van der Waals surface area contributed by atoms with Gasteiger partial charge in [0.15, 0.2) is 0 Å². The largest absolute Gasteiger partial charge is 0.101 e. The van der Waals surface area contributed by atoms with Gasteiger partial charge in [0, 0.05) is 20.6 Å². The third-order valence-corrected chi connectivity index (χ3v) is 2.15. The van der Waals surface area contributed by atoms with Gasteiger partial charge in [-0.1, -0.05) is 27.3 Å². The van der Waals surface area contributed by atoms with Gasteiger partial charge in [-0.3, -0.25) is 0 Å². The van der Waals surface area contributed by atoms with Gasteiger partial charge in [0.05, 0.1) is 13.2 Å². The van der Waals surface area contributed by atoms with Gasteiger partial charge in [-0.2, -0.15) is 0 Å². The molecule has 0 N–H and O–H groups in total. The van der Waals surface area contributed by atoms with E-state index in [1.807, 2.05) is 0 Å². The fraction of sp³-hybridized carbons (Fsp3) is 1.00. The first kappa shape index (κ1) is 10.3. The molecule has 0 aliphatic rings. The predicted octanol–water partition coefficient (Wildman–Crippen LogP) is 1.01. The van der Waals surface area contributed by atoms with E-state index >= 15 is 0 Å². The Morgan fingerprint density at radius 1 is 0.800 bits per heavy atom. The fourth-order valence-electron chi connectivity index (χ4n) is 1.98. The van der Waals surface area contributed by atoms with E-state index in [4.69, 9.17) is 7.74 Å². The summed E-state index contributed by atoms with van der Waals surface area (Å²) in [6.45, 7) is 12.8. The molecule has 0 aromatic heterocycles. The number of hydrogen-bond donors (Lipinski definition) is 0. The van der Waals surface area contributed by atoms with Gasteiger partial charge in [-0.15, -0.1) is 6.82 Å². The molecule has 0 atom stereocenters. The molecule has 50 valence electrons. The van der Waals surface area contributed by atoms with Crippen LogP contribution in [0.1, 0.15) is 0 Å². The molecule has 0 saturated carbocycles. The summed E-state index contributed by atoms with van der Waals surface area (Å²) in [6, 6.07) is 0. The summed E-state index contributed by atoms with van der Waals surface area (Å²) in [5, 5.41) is 0. The van der Waals surface area contributed by atoms with Crippen LogP contribution in [0, 0.1) is 0 Å². The maximum atomic E-state index is 5.84. The molecule has 0 bridgehead atoms. The van der Waals surface area contributed by atoms with Crippen molar-refractivity contribution in [1.29, 1.82) is 0 Å². The SMILES string of the molecule is [B]B(C)B(B(C)C)B(C)C. The summed E-state index contributed by atoms with van der Waals surface area (Å²) >= 11 is 0. The molecule has 5 heteroatoms. The Balaban J connectivity index is 3.98. The smallest absolute Gasteiger partial charge is 0.0858 e. The van der Waals surface area contributed by atoms with Crippen molar-refractivity contribution in [2.24, 2.45) is 0 Å². The van der Waals surface area contributed by atoms with E-state index in [-0.39, 0.29) is 0 Å². The van der Waals surface area contributed by atoms with Crippen molar-refractivity contribution in [2.75, 3.05) is 0 Å². The molecule has 10 heavy (non-hydrogen) atoms. The molecular formula is C5H15B5. The lowest BCUT2D eigenvalue weighted by Crippen LogP contribution is -2.53. The second-order valence-corrected chi connectivity index (χ2v) is 3.92. The Kier molecular flexibility index (Phi) is 4.39. The van der Waals surface area contributed by atoms with Crippen LogP contribution in [0.5, 0.6) is 0 Å². The topological polar surface area (TPSA) is 0 Å². The van der Waals surface area contributed by atoms with Crippen molar-refractivity contribution in [1.82, 2.24) is 0 Å². The molecule has 0 aliphatic heterocycles. The van der Waals surface area contributed by atoms with Crippen LogP contribution in [0.3, 0.4) is 0 Å². The lowest BCUT2D eigenvalue weighted by Gasteiger charge is -2.20. The van der Waals surface area contributed by atoms with E-state index in [2.05, 4.69) is 34.1 Å². The van der Waals surface area contributed by atoms with Crippen molar-refractivity contribution in [3.8, 4) is 0 Å². The minimum absolute atomic E-state index is 0.333. The van der Waals surface area contributed by atoms with Gasteiger partial charge in [0.1, 0.15) is 0 Å². The van der Waals surface area contributed by atoms with Crippen LogP contribution in [0.2, 0.25) is 34.1 Å². The Morgan fingerprint density at radius 2 is 1.10 bits per heavy atom. The Hall–Kier alpha value is 0.325. The lowest BCUT2D eigenvalue weighted by molar-refractivity contribution is 2.05. The second kappa shape index (κ2) is 4.25. The Morgan fingerprint density at radius 3 is 1.10 bits per heavy atom. The van der Waals surface area contributed by atoms with Crippen LogP contribution in [0.25, 0.3) is 0 Å². The average Bonchev–Trinajstić information content (AvgIpc) is 1.59. The van der Waals surface area contributed by atoms with Gasteiger partial charge >= 0.3 is 0 Å². The van der Waals surface area contributed by atoms with Gasteiger partial charge < -0.3 is 0 Å². The monoisotopic (exact) mass is 130 g/mol. The van der Waals surface area contributed by atoms with Crippen molar-refractivity contribution in [3.63, 3.8) is 0 Å². The predicted molar refractivity (Wildman–Crippen MR) is 58.1 cm³/mol. The van der Waals surface area contributed by atoms with Crippen LogP contribution in [0.4, 0.5) is 0 Å². The Bertz CT molecular complexity index is 71.0. The number of rotatable bonds is 3. The summed E-state index contributed by atoms with van der Waals surface area (Å²) in [5.41, 5.74) is 0. The van der Waals surface area contributed by atoms with E-state index in [9.17, 15) is 0 Å².